The first-order valence-electron chi connectivity index (χ1n) is 11.3. The van der Waals surface area contributed by atoms with Gasteiger partial charge in [0.25, 0.3) is 5.91 Å². The molecule has 2 aliphatic rings. The maximum atomic E-state index is 12.9. The highest BCUT2D eigenvalue weighted by Crippen LogP contribution is 2.34. The number of amides is 1. The number of aliphatic imine (C=N–C) groups is 1. The molecule has 1 atom stereocenters. The molecule has 5 rings (SSSR count). The zero-order valence-electron chi connectivity index (χ0n) is 18.4. The molecule has 33 heavy (non-hydrogen) atoms. The zero-order chi connectivity index (χ0) is 22.8. The molecule has 0 bridgehead atoms. The molecule has 0 saturated heterocycles. The number of aryl methyl sites for hydroxylation is 2. The molecule has 0 radical (unpaired) electrons. The Balaban J connectivity index is 1.52. The van der Waals surface area contributed by atoms with Crippen LogP contribution in [0.4, 0.5) is 0 Å². The predicted molar refractivity (Wildman–Crippen MR) is 129 cm³/mol. The van der Waals surface area contributed by atoms with Crippen LogP contribution in [-0.2, 0) is 17.8 Å². The van der Waals surface area contributed by atoms with Crippen molar-refractivity contribution in [1.29, 1.82) is 0 Å². The van der Waals surface area contributed by atoms with E-state index in [-0.39, 0.29) is 5.91 Å². The summed E-state index contributed by atoms with van der Waals surface area (Å²) in [5, 5.41) is 14.1. The molecule has 1 unspecified atom stereocenters. The van der Waals surface area contributed by atoms with Crippen LogP contribution in [0.1, 0.15) is 30.4 Å². The average Bonchev–Trinajstić information content (AvgIpc) is 3.52. The summed E-state index contributed by atoms with van der Waals surface area (Å²) in [6.45, 7) is 1.55. The summed E-state index contributed by atoms with van der Waals surface area (Å²) in [5.74, 6) is -0.339. The van der Waals surface area contributed by atoms with Crippen molar-refractivity contribution in [2.45, 2.75) is 38.5 Å². The van der Waals surface area contributed by atoms with E-state index in [1.54, 1.807) is 12.3 Å². The molecule has 3 aromatic rings. The molecule has 4 heterocycles. The summed E-state index contributed by atoms with van der Waals surface area (Å²) in [5.41, 5.74) is 11.3. The average molecular weight is 442 g/mol. The van der Waals surface area contributed by atoms with Crippen LogP contribution in [0.5, 0.6) is 0 Å². The fraction of sp³-hybridized carbons (Fsp3) is 0.269. The lowest BCUT2D eigenvalue weighted by Gasteiger charge is -2.10. The monoisotopic (exact) mass is 441 g/mol. The summed E-state index contributed by atoms with van der Waals surface area (Å²) in [6.07, 6.45) is 8.07. The minimum Gasteiger partial charge on any atom is -0.398 e. The third kappa shape index (κ3) is 4.19. The van der Waals surface area contributed by atoms with Crippen LogP contribution in [0.3, 0.4) is 0 Å². The number of carbonyl (C=O) groups excluding carboxylic acids is 1. The molecule has 0 fully saturated rings. The first kappa shape index (κ1) is 21.2. The molecule has 4 N–H and O–H groups in total. The number of fused-ring (bicyclic) bond motifs is 1. The molecular formula is C26H27N5O2. The molecule has 1 aromatic carbocycles. The van der Waals surface area contributed by atoms with Crippen LogP contribution >= 0.6 is 0 Å². The van der Waals surface area contributed by atoms with Crippen molar-refractivity contribution in [3.63, 3.8) is 0 Å². The first-order valence-corrected chi connectivity index (χ1v) is 11.3. The normalized spacial score (nSPS) is 18.8. The Bertz CT molecular complexity index is 1290. The van der Waals surface area contributed by atoms with Crippen molar-refractivity contribution in [3.05, 3.63) is 83.3 Å². The molecule has 168 valence electrons. The van der Waals surface area contributed by atoms with E-state index < -0.39 is 6.23 Å². The summed E-state index contributed by atoms with van der Waals surface area (Å²) in [4.78, 5) is 21.9. The number of hydrogen-bond acceptors (Lipinski definition) is 5. The summed E-state index contributed by atoms with van der Waals surface area (Å²) in [7, 11) is 0. The minimum atomic E-state index is -1.15. The number of aromatic nitrogens is 2. The Hall–Kier alpha value is -3.71. The standard InChI is InChI=1S/C26H27N5O2/c27-21(15-18-10-4-12-28-18)23-22(25(32)30-26(23)33)20-16-31(24-19(20)11-5-13-29-24)14-6-9-17-7-2-1-3-8-17/h1-3,5,7-8,11,13,15-16,26,33H,4,6,9-10,12,14,27H2,(H,30,32). The molecule has 0 spiro atoms. The molecule has 2 aliphatic heterocycles. The van der Waals surface area contributed by atoms with Gasteiger partial charge in [0, 0.05) is 53.4 Å². The van der Waals surface area contributed by atoms with Crippen LogP contribution in [0, 0.1) is 0 Å². The Labute approximate surface area is 192 Å². The van der Waals surface area contributed by atoms with E-state index in [0.717, 1.165) is 61.1 Å². The van der Waals surface area contributed by atoms with Gasteiger partial charge < -0.3 is 20.7 Å². The number of hydrogen-bond donors (Lipinski definition) is 3. The Morgan fingerprint density at radius 2 is 2.09 bits per heavy atom. The van der Waals surface area contributed by atoms with E-state index in [1.165, 1.54) is 5.56 Å². The van der Waals surface area contributed by atoms with Crippen LogP contribution in [-0.4, -0.2) is 39.0 Å². The van der Waals surface area contributed by atoms with Gasteiger partial charge in [0.05, 0.1) is 5.57 Å². The highest BCUT2D eigenvalue weighted by Gasteiger charge is 2.34. The molecule has 2 aromatic heterocycles. The number of allylic oxidation sites excluding steroid dienone is 1. The number of nitrogens with zero attached hydrogens (tertiary/aromatic N) is 3. The first-order chi connectivity index (χ1) is 16.1. The second kappa shape index (κ2) is 9.03. The lowest BCUT2D eigenvalue weighted by atomic mass is 9.98. The Morgan fingerprint density at radius 3 is 2.88 bits per heavy atom. The van der Waals surface area contributed by atoms with Crippen LogP contribution in [0.2, 0.25) is 0 Å². The second-order valence-corrected chi connectivity index (χ2v) is 8.44. The molecule has 7 nitrogen and oxygen atoms in total. The van der Waals surface area contributed by atoms with Crippen molar-refractivity contribution >= 4 is 28.2 Å². The van der Waals surface area contributed by atoms with Gasteiger partial charge in [-0.1, -0.05) is 30.3 Å². The second-order valence-electron chi connectivity index (χ2n) is 8.44. The predicted octanol–water partition coefficient (Wildman–Crippen LogP) is 2.95. The summed E-state index contributed by atoms with van der Waals surface area (Å²) in [6, 6.07) is 14.2. The Morgan fingerprint density at radius 1 is 1.24 bits per heavy atom. The van der Waals surface area contributed by atoms with Crippen LogP contribution in [0.25, 0.3) is 16.6 Å². The molecule has 7 heteroatoms. The largest absolute Gasteiger partial charge is 0.398 e. The van der Waals surface area contributed by atoms with Gasteiger partial charge in [0.1, 0.15) is 5.65 Å². The van der Waals surface area contributed by atoms with E-state index in [2.05, 4.69) is 32.0 Å². The van der Waals surface area contributed by atoms with Crippen molar-refractivity contribution in [2.75, 3.05) is 6.54 Å². The quantitative estimate of drug-likeness (QED) is 0.524. The van der Waals surface area contributed by atoms with Gasteiger partial charge in [-0.05, 0) is 49.5 Å². The summed E-state index contributed by atoms with van der Waals surface area (Å²) >= 11 is 0. The topological polar surface area (TPSA) is 106 Å². The highest BCUT2D eigenvalue weighted by atomic mass is 16.3. The fourth-order valence-corrected chi connectivity index (χ4v) is 4.62. The maximum Gasteiger partial charge on any atom is 0.254 e. The lowest BCUT2D eigenvalue weighted by molar-refractivity contribution is -0.116. The van der Waals surface area contributed by atoms with Gasteiger partial charge in [0.2, 0.25) is 0 Å². The third-order valence-corrected chi connectivity index (χ3v) is 6.19. The smallest absolute Gasteiger partial charge is 0.254 e. The molecular weight excluding hydrogens is 414 g/mol. The van der Waals surface area contributed by atoms with E-state index in [4.69, 9.17) is 5.73 Å². The van der Waals surface area contributed by atoms with Gasteiger partial charge in [-0.25, -0.2) is 4.98 Å². The van der Waals surface area contributed by atoms with Crippen molar-refractivity contribution in [3.8, 4) is 0 Å². The SMILES string of the molecule is NC(=CC1=NCCC1)C1=C(c2cn(CCCc3ccccc3)c3ncccc23)C(=O)NC1O. The molecule has 0 aliphatic carbocycles. The van der Waals surface area contributed by atoms with E-state index >= 15 is 0 Å². The van der Waals surface area contributed by atoms with E-state index in [1.807, 2.05) is 36.5 Å². The van der Waals surface area contributed by atoms with Crippen LogP contribution < -0.4 is 11.1 Å². The number of nitrogens with two attached hydrogens (primary N) is 1. The summed E-state index contributed by atoms with van der Waals surface area (Å²) < 4.78 is 2.08. The maximum absolute atomic E-state index is 12.9. The number of aliphatic hydroxyl groups excluding tert-OH is 1. The van der Waals surface area contributed by atoms with Crippen LogP contribution in [0.15, 0.2) is 77.2 Å². The van der Waals surface area contributed by atoms with Gasteiger partial charge in [-0.2, -0.15) is 0 Å². The zero-order valence-corrected chi connectivity index (χ0v) is 18.4. The van der Waals surface area contributed by atoms with Gasteiger partial charge >= 0.3 is 0 Å². The minimum absolute atomic E-state index is 0.339. The van der Waals surface area contributed by atoms with E-state index in [9.17, 15) is 9.90 Å². The number of rotatable bonds is 7. The van der Waals surface area contributed by atoms with Gasteiger partial charge in [-0.3, -0.25) is 9.79 Å². The number of benzene rings is 1. The number of aliphatic hydroxyl groups is 1. The molecule has 0 saturated carbocycles. The fourth-order valence-electron chi connectivity index (χ4n) is 4.62. The highest BCUT2D eigenvalue weighted by molar-refractivity contribution is 6.26. The number of pyridine rings is 1. The third-order valence-electron chi connectivity index (χ3n) is 6.19. The van der Waals surface area contributed by atoms with Crippen molar-refractivity contribution < 1.29 is 9.90 Å². The molecule has 1 amide bonds. The Kier molecular flexibility index (Phi) is 5.79. The van der Waals surface area contributed by atoms with Crippen molar-refractivity contribution in [2.24, 2.45) is 10.7 Å². The lowest BCUT2D eigenvalue weighted by Crippen LogP contribution is -2.29. The van der Waals surface area contributed by atoms with Crippen molar-refractivity contribution in [1.82, 2.24) is 14.9 Å². The van der Waals surface area contributed by atoms with Gasteiger partial charge in [0.15, 0.2) is 6.23 Å². The number of nitrogens with one attached hydrogen (secondary N) is 1. The van der Waals surface area contributed by atoms with Gasteiger partial charge in [-0.15, -0.1) is 0 Å². The van der Waals surface area contributed by atoms with E-state index in [0.29, 0.717) is 16.8 Å². The number of carbonyl (C=O) groups is 1.